The Bertz CT molecular complexity index is 897. The third-order valence-corrected chi connectivity index (χ3v) is 5.05. The highest BCUT2D eigenvalue weighted by molar-refractivity contribution is 6.31. The van der Waals surface area contributed by atoms with Crippen LogP contribution in [0.15, 0.2) is 55.1 Å². The van der Waals surface area contributed by atoms with Gasteiger partial charge >= 0.3 is 0 Å². The first-order chi connectivity index (χ1) is 14.2. The number of hydrogen-bond donors (Lipinski definition) is 1. The molecule has 0 spiro atoms. The summed E-state index contributed by atoms with van der Waals surface area (Å²) >= 11 is 6.52. The van der Waals surface area contributed by atoms with Crippen molar-refractivity contribution in [3.05, 3.63) is 76.8 Å². The standard InChI is InChI=1S/C23H28ClN3O2/c1-3-28-22-13-20(15-25-9-6-11-27-12-10-26-17-27)21(24)14-23(22)29-16-19-8-5-4-7-18(19)2/h4-5,7-8,10,12-14,17,25H,3,6,9,11,15-16H2,1-2H3. The monoisotopic (exact) mass is 413 g/mol. The fourth-order valence-electron chi connectivity index (χ4n) is 3.05. The van der Waals surface area contributed by atoms with E-state index in [4.69, 9.17) is 21.1 Å². The minimum Gasteiger partial charge on any atom is -0.490 e. The van der Waals surface area contributed by atoms with E-state index in [1.165, 1.54) is 5.56 Å². The number of nitrogens with zero attached hydrogens (tertiary/aromatic N) is 2. The first-order valence-electron chi connectivity index (χ1n) is 9.96. The van der Waals surface area contributed by atoms with Crippen LogP contribution in [-0.4, -0.2) is 22.7 Å². The fourth-order valence-corrected chi connectivity index (χ4v) is 3.27. The molecule has 5 nitrogen and oxygen atoms in total. The van der Waals surface area contributed by atoms with Crippen molar-refractivity contribution in [3.63, 3.8) is 0 Å². The van der Waals surface area contributed by atoms with Gasteiger partial charge in [-0.2, -0.15) is 0 Å². The van der Waals surface area contributed by atoms with Gasteiger partial charge in [-0.1, -0.05) is 35.9 Å². The number of halogens is 1. The topological polar surface area (TPSA) is 48.3 Å². The van der Waals surface area contributed by atoms with Crippen LogP contribution in [0.2, 0.25) is 5.02 Å². The van der Waals surface area contributed by atoms with E-state index in [2.05, 4.69) is 33.9 Å². The molecular weight excluding hydrogens is 386 g/mol. The van der Waals surface area contributed by atoms with E-state index in [1.807, 2.05) is 43.7 Å². The predicted molar refractivity (Wildman–Crippen MR) is 117 cm³/mol. The van der Waals surface area contributed by atoms with Crippen molar-refractivity contribution in [2.75, 3.05) is 13.2 Å². The second-order valence-electron chi connectivity index (χ2n) is 6.87. The second-order valence-corrected chi connectivity index (χ2v) is 7.28. The van der Waals surface area contributed by atoms with E-state index in [9.17, 15) is 0 Å². The molecule has 0 saturated carbocycles. The average molecular weight is 414 g/mol. The number of aromatic nitrogens is 2. The van der Waals surface area contributed by atoms with Gasteiger partial charge in [0.25, 0.3) is 0 Å². The van der Waals surface area contributed by atoms with E-state index < -0.39 is 0 Å². The average Bonchev–Trinajstić information content (AvgIpc) is 3.23. The van der Waals surface area contributed by atoms with Gasteiger partial charge in [0.1, 0.15) is 6.61 Å². The Balaban J connectivity index is 1.58. The van der Waals surface area contributed by atoms with Crippen molar-refractivity contribution in [2.24, 2.45) is 0 Å². The minimum absolute atomic E-state index is 0.481. The Hall–Kier alpha value is -2.50. The summed E-state index contributed by atoms with van der Waals surface area (Å²) in [4.78, 5) is 4.05. The van der Waals surface area contributed by atoms with Crippen LogP contribution in [0.5, 0.6) is 11.5 Å². The van der Waals surface area contributed by atoms with Crippen LogP contribution in [0.25, 0.3) is 0 Å². The maximum Gasteiger partial charge on any atom is 0.163 e. The van der Waals surface area contributed by atoms with Crippen LogP contribution < -0.4 is 14.8 Å². The summed E-state index contributed by atoms with van der Waals surface area (Å²) < 4.78 is 13.9. The molecule has 1 aromatic heterocycles. The first kappa shape index (κ1) is 21.2. The molecule has 0 aliphatic rings. The predicted octanol–water partition coefficient (Wildman–Crippen LogP) is 5.00. The van der Waals surface area contributed by atoms with Crippen LogP contribution in [0.3, 0.4) is 0 Å². The third-order valence-electron chi connectivity index (χ3n) is 4.70. The van der Waals surface area contributed by atoms with Crippen LogP contribution in [0.1, 0.15) is 30.0 Å². The SMILES string of the molecule is CCOc1cc(CNCCCn2ccnc2)c(Cl)cc1OCc1ccccc1C. The third kappa shape index (κ3) is 6.24. The maximum absolute atomic E-state index is 6.52. The van der Waals surface area contributed by atoms with E-state index in [0.717, 1.165) is 36.4 Å². The van der Waals surface area contributed by atoms with Gasteiger partial charge in [0.15, 0.2) is 11.5 Å². The molecule has 2 aromatic carbocycles. The molecule has 1 N–H and O–H groups in total. The van der Waals surface area contributed by atoms with E-state index in [1.54, 1.807) is 6.20 Å². The van der Waals surface area contributed by atoms with E-state index >= 15 is 0 Å². The summed E-state index contributed by atoms with van der Waals surface area (Å²) in [7, 11) is 0. The molecular formula is C23H28ClN3O2. The number of hydrogen-bond acceptors (Lipinski definition) is 4. The number of aryl methyl sites for hydroxylation is 2. The summed E-state index contributed by atoms with van der Waals surface area (Å²) in [5.41, 5.74) is 3.35. The number of nitrogens with one attached hydrogen (secondary N) is 1. The van der Waals surface area contributed by atoms with Crippen molar-refractivity contribution >= 4 is 11.6 Å². The minimum atomic E-state index is 0.481. The van der Waals surface area contributed by atoms with Gasteiger partial charge in [0.05, 0.1) is 12.9 Å². The Kier molecular flexibility index (Phi) is 7.96. The highest BCUT2D eigenvalue weighted by Crippen LogP contribution is 2.34. The Morgan fingerprint density at radius 1 is 1.10 bits per heavy atom. The smallest absolute Gasteiger partial charge is 0.163 e. The molecule has 6 heteroatoms. The zero-order valence-corrected chi connectivity index (χ0v) is 17.8. The van der Waals surface area contributed by atoms with Gasteiger partial charge in [-0.05, 0) is 49.6 Å². The normalized spacial score (nSPS) is 10.9. The lowest BCUT2D eigenvalue weighted by atomic mass is 10.1. The lowest BCUT2D eigenvalue weighted by Crippen LogP contribution is -2.16. The molecule has 154 valence electrons. The van der Waals surface area contributed by atoms with E-state index in [-0.39, 0.29) is 0 Å². The van der Waals surface area contributed by atoms with Crippen molar-refractivity contribution < 1.29 is 9.47 Å². The molecule has 0 atom stereocenters. The highest BCUT2D eigenvalue weighted by atomic mass is 35.5. The summed E-state index contributed by atoms with van der Waals surface area (Å²) in [6.07, 6.45) is 6.62. The lowest BCUT2D eigenvalue weighted by molar-refractivity contribution is 0.268. The molecule has 0 radical (unpaired) electrons. The molecule has 3 rings (SSSR count). The number of benzene rings is 2. The molecule has 0 unspecified atom stereocenters. The number of ether oxygens (including phenoxy) is 2. The van der Waals surface area contributed by atoms with Gasteiger partial charge in [-0.3, -0.25) is 0 Å². The van der Waals surface area contributed by atoms with Crippen molar-refractivity contribution in [1.82, 2.24) is 14.9 Å². The maximum atomic E-state index is 6.52. The molecule has 0 aliphatic carbocycles. The van der Waals surface area contributed by atoms with Crippen LogP contribution >= 0.6 is 11.6 Å². The molecule has 0 aliphatic heterocycles. The van der Waals surface area contributed by atoms with Crippen molar-refractivity contribution in [3.8, 4) is 11.5 Å². The van der Waals surface area contributed by atoms with Gasteiger partial charge in [0.2, 0.25) is 0 Å². The van der Waals surface area contributed by atoms with Gasteiger partial charge < -0.3 is 19.4 Å². The van der Waals surface area contributed by atoms with Gasteiger partial charge in [-0.25, -0.2) is 4.98 Å². The molecule has 0 bridgehead atoms. The number of rotatable bonds is 11. The molecule has 3 aromatic rings. The second kappa shape index (κ2) is 10.9. The van der Waals surface area contributed by atoms with Crippen LogP contribution in [0.4, 0.5) is 0 Å². The molecule has 0 fully saturated rings. The van der Waals surface area contributed by atoms with Crippen LogP contribution in [-0.2, 0) is 19.7 Å². The summed E-state index contributed by atoms with van der Waals surface area (Å²) in [6, 6.07) is 12.0. The summed E-state index contributed by atoms with van der Waals surface area (Å²) in [5, 5.41) is 4.12. The first-order valence-corrected chi connectivity index (χ1v) is 10.3. The Labute approximate surface area is 177 Å². The van der Waals surface area contributed by atoms with Crippen molar-refractivity contribution in [2.45, 2.75) is 40.0 Å². The van der Waals surface area contributed by atoms with Gasteiger partial charge in [0, 0.05) is 36.6 Å². The Morgan fingerprint density at radius 2 is 1.93 bits per heavy atom. The molecule has 0 saturated heterocycles. The molecule has 1 heterocycles. The quantitative estimate of drug-likeness (QED) is 0.449. The van der Waals surface area contributed by atoms with Crippen molar-refractivity contribution in [1.29, 1.82) is 0 Å². The molecule has 0 amide bonds. The number of imidazole rings is 1. The van der Waals surface area contributed by atoms with E-state index in [0.29, 0.717) is 30.5 Å². The zero-order chi connectivity index (χ0) is 20.5. The Morgan fingerprint density at radius 3 is 2.69 bits per heavy atom. The van der Waals surface area contributed by atoms with Gasteiger partial charge in [-0.15, -0.1) is 0 Å². The lowest BCUT2D eigenvalue weighted by Gasteiger charge is -2.16. The highest BCUT2D eigenvalue weighted by Gasteiger charge is 2.12. The zero-order valence-electron chi connectivity index (χ0n) is 17.0. The molecule has 29 heavy (non-hydrogen) atoms. The van der Waals surface area contributed by atoms with Crippen LogP contribution in [0, 0.1) is 6.92 Å². The summed E-state index contributed by atoms with van der Waals surface area (Å²) in [6.45, 7) is 7.61. The largest absolute Gasteiger partial charge is 0.490 e. The summed E-state index contributed by atoms with van der Waals surface area (Å²) in [5.74, 6) is 1.39. The fraction of sp³-hybridized carbons (Fsp3) is 0.348.